The second-order valence-electron chi connectivity index (χ2n) is 5.74. The number of ether oxygens (including phenoxy) is 2. The van der Waals surface area contributed by atoms with Crippen LogP contribution in [-0.4, -0.2) is 46.6 Å². The molecule has 6 heteroatoms. The number of likely N-dealkylation sites (tertiary alicyclic amines) is 1. The molecule has 1 fully saturated rings. The first-order chi connectivity index (χ1) is 11.7. The van der Waals surface area contributed by atoms with Crippen LogP contribution in [0.15, 0.2) is 36.7 Å². The quantitative estimate of drug-likeness (QED) is 0.844. The van der Waals surface area contributed by atoms with Crippen LogP contribution < -0.4 is 9.47 Å². The summed E-state index contributed by atoms with van der Waals surface area (Å²) in [4.78, 5) is 22.9. The Morgan fingerprint density at radius 2 is 2.21 bits per heavy atom. The number of pyridine rings is 2. The Hall–Kier alpha value is -2.63. The minimum atomic E-state index is -0.0745. The van der Waals surface area contributed by atoms with Gasteiger partial charge in [0.15, 0.2) is 0 Å². The molecule has 0 aromatic carbocycles. The molecule has 0 spiro atoms. The Morgan fingerprint density at radius 1 is 1.33 bits per heavy atom. The smallest absolute Gasteiger partial charge is 0.259 e. The van der Waals surface area contributed by atoms with Gasteiger partial charge >= 0.3 is 0 Å². The Balaban J connectivity index is 1.65. The van der Waals surface area contributed by atoms with Crippen molar-refractivity contribution < 1.29 is 14.3 Å². The van der Waals surface area contributed by atoms with Crippen molar-refractivity contribution in [3.8, 4) is 11.8 Å². The van der Waals surface area contributed by atoms with E-state index >= 15 is 0 Å². The van der Waals surface area contributed by atoms with Gasteiger partial charge in [-0.05, 0) is 31.5 Å². The number of aromatic nitrogens is 2. The number of hydrogen-bond acceptors (Lipinski definition) is 5. The molecule has 1 unspecified atom stereocenters. The van der Waals surface area contributed by atoms with Crippen LogP contribution in [0.2, 0.25) is 0 Å². The fourth-order valence-electron chi connectivity index (χ4n) is 2.68. The fourth-order valence-corrected chi connectivity index (χ4v) is 2.68. The van der Waals surface area contributed by atoms with E-state index in [1.165, 1.54) is 0 Å². The van der Waals surface area contributed by atoms with Crippen molar-refractivity contribution in [3.05, 3.63) is 47.8 Å². The summed E-state index contributed by atoms with van der Waals surface area (Å²) in [5.74, 6) is 0.903. The maximum atomic E-state index is 12.7. The van der Waals surface area contributed by atoms with Crippen molar-refractivity contribution in [1.29, 1.82) is 0 Å². The second kappa shape index (κ2) is 7.29. The average molecular weight is 327 g/mol. The zero-order chi connectivity index (χ0) is 16.9. The second-order valence-corrected chi connectivity index (χ2v) is 5.74. The lowest BCUT2D eigenvalue weighted by Gasteiger charge is -2.18. The van der Waals surface area contributed by atoms with Crippen molar-refractivity contribution in [2.24, 2.45) is 0 Å². The maximum Gasteiger partial charge on any atom is 0.259 e. The van der Waals surface area contributed by atoms with E-state index in [1.807, 2.05) is 26.0 Å². The molecule has 126 valence electrons. The van der Waals surface area contributed by atoms with Gasteiger partial charge in [0.25, 0.3) is 5.91 Å². The van der Waals surface area contributed by atoms with Gasteiger partial charge in [-0.3, -0.25) is 4.79 Å². The van der Waals surface area contributed by atoms with Gasteiger partial charge in [-0.25, -0.2) is 9.97 Å². The number of carbonyl (C=O) groups is 1. The number of amides is 1. The molecule has 3 heterocycles. The van der Waals surface area contributed by atoms with Crippen LogP contribution in [0.5, 0.6) is 11.8 Å². The van der Waals surface area contributed by atoms with E-state index in [2.05, 4.69) is 9.97 Å². The number of nitrogens with zero attached hydrogens (tertiary/aromatic N) is 3. The monoisotopic (exact) mass is 327 g/mol. The van der Waals surface area contributed by atoms with E-state index in [4.69, 9.17) is 9.47 Å². The number of hydrogen-bond donors (Lipinski definition) is 0. The van der Waals surface area contributed by atoms with Gasteiger partial charge in [-0.15, -0.1) is 0 Å². The van der Waals surface area contributed by atoms with Gasteiger partial charge in [0.1, 0.15) is 11.7 Å². The van der Waals surface area contributed by atoms with Gasteiger partial charge in [-0.2, -0.15) is 0 Å². The third-order valence-corrected chi connectivity index (χ3v) is 3.89. The molecule has 2 aromatic heterocycles. The molecule has 24 heavy (non-hydrogen) atoms. The molecule has 0 aliphatic carbocycles. The average Bonchev–Trinajstić information content (AvgIpc) is 3.06. The highest BCUT2D eigenvalue weighted by atomic mass is 16.5. The van der Waals surface area contributed by atoms with Crippen molar-refractivity contribution in [2.45, 2.75) is 26.4 Å². The van der Waals surface area contributed by atoms with E-state index in [1.54, 1.807) is 29.4 Å². The van der Waals surface area contributed by atoms with E-state index in [0.29, 0.717) is 37.0 Å². The molecular formula is C18H21N3O3. The molecule has 3 rings (SSSR count). The van der Waals surface area contributed by atoms with Gasteiger partial charge in [0.2, 0.25) is 11.8 Å². The molecule has 0 N–H and O–H groups in total. The highest BCUT2D eigenvalue weighted by Crippen LogP contribution is 2.22. The molecule has 1 aliphatic rings. The SMILES string of the molecule is CCOc1ncccc1C(=O)N1CCC(Oc2ccc(C)cn2)C1. The van der Waals surface area contributed by atoms with E-state index in [-0.39, 0.29) is 12.0 Å². The molecule has 6 nitrogen and oxygen atoms in total. The number of rotatable bonds is 5. The third-order valence-electron chi connectivity index (χ3n) is 3.89. The van der Waals surface area contributed by atoms with Crippen molar-refractivity contribution in [1.82, 2.24) is 14.9 Å². The lowest BCUT2D eigenvalue weighted by atomic mass is 10.2. The Labute approximate surface area is 141 Å². The van der Waals surface area contributed by atoms with E-state index in [0.717, 1.165) is 12.0 Å². The van der Waals surface area contributed by atoms with Crippen LogP contribution in [-0.2, 0) is 0 Å². The molecule has 2 aromatic rings. The van der Waals surface area contributed by atoms with Gasteiger partial charge in [0.05, 0.1) is 13.2 Å². The summed E-state index contributed by atoms with van der Waals surface area (Å²) in [6.45, 7) is 5.51. The summed E-state index contributed by atoms with van der Waals surface area (Å²) >= 11 is 0. The minimum absolute atomic E-state index is 0.0450. The summed E-state index contributed by atoms with van der Waals surface area (Å²) in [5, 5.41) is 0. The zero-order valence-corrected chi connectivity index (χ0v) is 13.9. The highest BCUT2D eigenvalue weighted by molar-refractivity contribution is 5.96. The first-order valence-corrected chi connectivity index (χ1v) is 8.13. The molecule has 1 atom stereocenters. The normalized spacial score (nSPS) is 16.9. The number of carbonyl (C=O) groups excluding carboxylic acids is 1. The Bertz CT molecular complexity index is 703. The molecule has 1 saturated heterocycles. The standard InChI is InChI=1S/C18H21N3O3/c1-3-23-17-15(5-4-9-19-17)18(22)21-10-8-14(12-21)24-16-7-6-13(2)11-20-16/h4-7,9,11,14H,3,8,10,12H2,1-2H3. The Kier molecular flexibility index (Phi) is 4.93. The van der Waals surface area contributed by atoms with Crippen LogP contribution in [0.1, 0.15) is 29.3 Å². The van der Waals surface area contributed by atoms with Gasteiger partial charge in [-0.1, -0.05) is 6.07 Å². The van der Waals surface area contributed by atoms with E-state index in [9.17, 15) is 4.79 Å². The lowest BCUT2D eigenvalue weighted by Crippen LogP contribution is -2.31. The zero-order valence-electron chi connectivity index (χ0n) is 13.9. The lowest BCUT2D eigenvalue weighted by molar-refractivity contribution is 0.0766. The largest absolute Gasteiger partial charge is 0.477 e. The first kappa shape index (κ1) is 16.2. The van der Waals surface area contributed by atoms with Crippen molar-refractivity contribution >= 4 is 5.91 Å². The molecule has 1 amide bonds. The van der Waals surface area contributed by atoms with Crippen molar-refractivity contribution in [2.75, 3.05) is 19.7 Å². The molecular weight excluding hydrogens is 306 g/mol. The first-order valence-electron chi connectivity index (χ1n) is 8.13. The van der Waals surface area contributed by atoms with Gasteiger partial charge in [0, 0.05) is 31.4 Å². The molecule has 0 bridgehead atoms. The predicted molar refractivity (Wildman–Crippen MR) is 89.3 cm³/mol. The third kappa shape index (κ3) is 3.64. The van der Waals surface area contributed by atoms with Crippen molar-refractivity contribution in [3.63, 3.8) is 0 Å². The van der Waals surface area contributed by atoms with Crippen LogP contribution in [0.25, 0.3) is 0 Å². The fraction of sp³-hybridized carbons (Fsp3) is 0.389. The molecule has 0 radical (unpaired) electrons. The topological polar surface area (TPSA) is 64.5 Å². The van der Waals surface area contributed by atoms with E-state index < -0.39 is 0 Å². The molecule has 0 saturated carbocycles. The minimum Gasteiger partial charge on any atom is -0.477 e. The van der Waals surface area contributed by atoms with Crippen LogP contribution in [0, 0.1) is 6.92 Å². The predicted octanol–water partition coefficient (Wildman–Crippen LogP) is 2.48. The van der Waals surface area contributed by atoms with Crippen LogP contribution in [0.4, 0.5) is 0 Å². The van der Waals surface area contributed by atoms with Crippen LogP contribution in [0.3, 0.4) is 0 Å². The number of aryl methyl sites for hydroxylation is 1. The summed E-state index contributed by atoms with van der Waals surface area (Å²) < 4.78 is 11.3. The highest BCUT2D eigenvalue weighted by Gasteiger charge is 2.30. The molecule has 1 aliphatic heterocycles. The summed E-state index contributed by atoms with van der Waals surface area (Å²) in [6, 6.07) is 7.31. The van der Waals surface area contributed by atoms with Crippen LogP contribution >= 0.6 is 0 Å². The summed E-state index contributed by atoms with van der Waals surface area (Å²) in [5.41, 5.74) is 1.58. The van der Waals surface area contributed by atoms with Gasteiger partial charge < -0.3 is 14.4 Å². The summed E-state index contributed by atoms with van der Waals surface area (Å²) in [7, 11) is 0. The summed E-state index contributed by atoms with van der Waals surface area (Å²) in [6.07, 6.45) is 4.14. The Morgan fingerprint density at radius 3 is 2.96 bits per heavy atom. The maximum absolute atomic E-state index is 12.7.